The van der Waals surface area contributed by atoms with E-state index in [9.17, 15) is 19.7 Å². The van der Waals surface area contributed by atoms with Crippen molar-refractivity contribution < 1.29 is 33.4 Å². The molecule has 0 aliphatic heterocycles. The molecule has 0 aliphatic rings. The monoisotopic (exact) mass is 610 g/mol. The highest BCUT2D eigenvalue weighted by molar-refractivity contribution is 5.93. The number of nitrogens with zero attached hydrogens (tertiary/aromatic N) is 4. The Balaban J connectivity index is 1.48. The molecule has 5 rings (SSSR count). The molecule has 0 spiro atoms. The fraction of sp³-hybridized carbons (Fsp3) is 0.125. The van der Waals surface area contributed by atoms with Crippen LogP contribution in [0, 0.1) is 10.1 Å². The number of ether oxygens (including phenoxy) is 5. The first-order valence-electron chi connectivity index (χ1n) is 13.3. The van der Waals surface area contributed by atoms with E-state index in [2.05, 4.69) is 10.1 Å². The molecular weight excluding hydrogens is 584 g/mol. The second-order valence-electron chi connectivity index (χ2n) is 9.33. The summed E-state index contributed by atoms with van der Waals surface area (Å²) in [6.07, 6.45) is 1.42. The van der Waals surface area contributed by atoms with Crippen LogP contribution >= 0.6 is 0 Å². The Bertz CT molecular complexity index is 1980. The van der Waals surface area contributed by atoms with Crippen LogP contribution in [-0.4, -0.2) is 55.2 Å². The standard InChI is InChI=1S/C32H26N4O9/c1-41-26-15-19(9-14-25(26)45-32(38)21-16-27(42-2)29(44-4)28(17-21)43-3)18-33-35-30(20-10-12-22(13-11-20)36(39)40)34-24-8-6-5-7-23(24)31(35)37/h5-18H,1-4H3. The molecule has 0 radical (unpaired) electrons. The molecule has 45 heavy (non-hydrogen) atoms. The number of hydrogen-bond donors (Lipinski definition) is 0. The van der Waals surface area contributed by atoms with Crippen LogP contribution in [0.15, 0.2) is 88.8 Å². The Morgan fingerprint density at radius 3 is 2.13 bits per heavy atom. The summed E-state index contributed by atoms with van der Waals surface area (Å²) in [6.45, 7) is 0. The Morgan fingerprint density at radius 1 is 0.844 bits per heavy atom. The topological polar surface area (TPSA) is 154 Å². The number of fused-ring (bicyclic) bond motifs is 1. The molecule has 0 aliphatic carbocycles. The van der Waals surface area contributed by atoms with Crippen molar-refractivity contribution in [2.24, 2.45) is 5.10 Å². The van der Waals surface area contributed by atoms with Gasteiger partial charge in [-0.25, -0.2) is 9.78 Å². The van der Waals surface area contributed by atoms with Crippen molar-refractivity contribution in [2.75, 3.05) is 28.4 Å². The summed E-state index contributed by atoms with van der Waals surface area (Å²) in [5.74, 6) is 0.741. The van der Waals surface area contributed by atoms with Crippen LogP contribution in [0.5, 0.6) is 28.7 Å². The lowest BCUT2D eigenvalue weighted by Crippen LogP contribution is -2.20. The van der Waals surface area contributed by atoms with Crippen molar-refractivity contribution in [1.82, 2.24) is 9.66 Å². The average Bonchev–Trinajstić information content (AvgIpc) is 3.07. The summed E-state index contributed by atoms with van der Waals surface area (Å²) in [6, 6.07) is 20.1. The lowest BCUT2D eigenvalue weighted by atomic mass is 10.1. The normalized spacial score (nSPS) is 10.9. The van der Waals surface area contributed by atoms with Gasteiger partial charge in [0.2, 0.25) is 5.75 Å². The second kappa shape index (κ2) is 13.0. The molecule has 0 saturated carbocycles. The summed E-state index contributed by atoms with van der Waals surface area (Å²) < 4.78 is 28.1. The Kier molecular flexibility index (Phi) is 8.70. The molecule has 0 unspecified atom stereocenters. The van der Waals surface area contributed by atoms with E-state index in [1.807, 2.05) is 0 Å². The van der Waals surface area contributed by atoms with E-state index in [0.717, 1.165) is 4.68 Å². The average molecular weight is 611 g/mol. The van der Waals surface area contributed by atoms with Crippen LogP contribution in [0.2, 0.25) is 0 Å². The maximum atomic E-state index is 13.5. The van der Waals surface area contributed by atoms with E-state index in [4.69, 9.17) is 23.7 Å². The van der Waals surface area contributed by atoms with Crippen molar-refractivity contribution in [3.05, 3.63) is 110 Å². The predicted octanol–water partition coefficient (Wildman–Crippen LogP) is 5.11. The van der Waals surface area contributed by atoms with Gasteiger partial charge in [0.1, 0.15) is 0 Å². The predicted molar refractivity (Wildman–Crippen MR) is 165 cm³/mol. The number of aromatic nitrogens is 2. The molecule has 13 heteroatoms. The van der Waals surface area contributed by atoms with Gasteiger partial charge < -0.3 is 23.7 Å². The highest BCUT2D eigenvalue weighted by Crippen LogP contribution is 2.39. The zero-order chi connectivity index (χ0) is 32.1. The molecule has 0 saturated heterocycles. The third-order valence-electron chi connectivity index (χ3n) is 6.70. The molecule has 0 atom stereocenters. The summed E-state index contributed by atoms with van der Waals surface area (Å²) in [7, 11) is 5.74. The first-order valence-corrected chi connectivity index (χ1v) is 13.3. The van der Waals surface area contributed by atoms with Gasteiger partial charge in [-0.1, -0.05) is 12.1 Å². The van der Waals surface area contributed by atoms with E-state index in [1.54, 1.807) is 36.4 Å². The number of carbonyl (C=O) groups is 1. The van der Waals surface area contributed by atoms with Crippen molar-refractivity contribution in [3.8, 4) is 40.1 Å². The van der Waals surface area contributed by atoms with E-state index >= 15 is 0 Å². The summed E-state index contributed by atoms with van der Waals surface area (Å²) in [5, 5.41) is 15.9. The molecule has 0 bridgehead atoms. The molecule has 5 aromatic rings. The zero-order valence-corrected chi connectivity index (χ0v) is 24.5. The number of esters is 1. The van der Waals surface area contributed by atoms with Crippen molar-refractivity contribution in [3.63, 3.8) is 0 Å². The summed E-state index contributed by atoms with van der Waals surface area (Å²) >= 11 is 0. The minimum absolute atomic E-state index is 0.102. The summed E-state index contributed by atoms with van der Waals surface area (Å²) in [4.78, 5) is 41.8. The van der Waals surface area contributed by atoms with Crippen LogP contribution in [0.3, 0.4) is 0 Å². The van der Waals surface area contributed by atoms with Gasteiger partial charge in [-0.3, -0.25) is 14.9 Å². The van der Waals surface area contributed by atoms with Crippen molar-refractivity contribution in [2.45, 2.75) is 0 Å². The molecule has 0 fully saturated rings. The summed E-state index contributed by atoms with van der Waals surface area (Å²) in [5.41, 5.74) is 1.02. The van der Waals surface area contributed by atoms with Crippen LogP contribution in [0.25, 0.3) is 22.3 Å². The molecule has 0 amide bonds. The smallest absolute Gasteiger partial charge is 0.343 e. The van der Waals surface area contributed by atoms with E-state index in [-0.39, 0.29) is 40.1 Å². The van der Waals surface area contributed by atoms with Gasteiger partial charge in [0.15, 0.2) is 28.8 Å². The quantitative estimate of drug-likeness (QED) is 0.0685. The number of carbonyl (C=O) groups excluding carboxylic acids is 1. The Hall–Kier alpha value is -6.24. The van der Waals surface area contributed by atoms with Gasteiger partial charge in [-0.2, -0.15) is 9.78 Å². The highest BCUT2D eigenvalue weighted by Gasteiger charge is 2.20. The van der Waals surface area contributed by atoms with Gasteiger partial charge in [0.05, 0.1) is 56.0 Å². The third-order valence-corrected chi connectivity index (χ3v) is 6.70. The third kappa shape index (κ3) is 6.13. The molecule has 1 aromatic heterocycles. The van der Waals surface area contributed by atoms with Crippen molar-refractivity contribution in [1.29, 1.82) is 0 Å². The lowest BCUT2D eigenvalue weighted by Gasteiger charge is -2.14. The van der Waals surface area contributed by atoms with Gasteiger partial charge >= 0.3 is 5.97 Å². The van der Waals surface area contributed by atoms with Crippen LogP contribution in [0.1, 0.15) is 15.9 Å². The van der Waals surface area contributed by atoms with Gasteiger partial charge in [0.25, 0.3) is 11.2 Å². The van der Waals surface area contributed by atoms with E-state index < -0.39 is 16.5 Å². The molecular formula is C32H26N4O9. The number of para-hydroxylation sites is 1. The number of rotatable bonds is 10. The zero-order valence-electron chi connectivity index (χ0n) is 24.5. The minimum Gasteiger partial charge on any atom is -0.493 e. The van der Waals surface area contributed by atoms with Gasteiger partial charge in [-0.05, 0) is 60.2 Å². The maximum absolute atomic E-state index is 13.5. The number of non-ortho nitro benzene ring substituents is 1. The van der Waals surface area contributed by atoms with E-state index in [1.165, 1.54) is 77.1 Å². The first kappa shape index (κ1) is 30.2. The molecule has 228 valence electrons. The van der Waals surface area contributed by atoms with Crippen LogP contribution in [0.4, 0.5) is 5.69 Å². The maximum Gasteiger partial charge on any atom is 0.343 e. The Labute approximate surface area is 256 Å². The van der Waals surface area contributed by atoms with Crippen LogP contribution in [-0.2, 0) is 0 Å². The lowest BCUT2D eigenvalue weighted by molar-refractivity contribution is -0.384. The number of nitro benzene ring substituents is 1. The van der Waals surface area contributed by atoms with Gasteiger partial charge in [-0.15, -0.1) is 0 Å². The molecule has 0 N–H and O–H groups in total. The van der Waals surface area contributed by atoms with Crippen LogP contribution < -0.4 is 29.2 Å². The fourth-order valence-corrected chi connectivity index (χ4v) is 4.48. The molecule has 13 nitrogen and oxygen atoms in total. The second-order valence-corrected chi connectivity index (χ2v) is 9.33. The minimum atomic E-state index is -0.699. The van der Waals surface area contributed by atoms with Crippen molar-refractivity contribution >= 4 is 28.8 Å². The Morgan fingerprint density at radius 2 is 1.51 bits per heavy atom. The number of hydrogen-bond acceptors (Lipinski definition) is 11. The number of benzene rings is 4. The first-order chi connectivity index (χ1) is 21.8. The SMILES string of the molecule is COc1cc(C=Nn2c(-c3ccc([N+](=O)[O-])cc3)nc3ccccc3c2=O)ccc1OC(=O)c1cc(OC)c(OC)c(OC)c1. The fourth-order valence-electron chi connectivity index (χ4n) is 4.48. The number of nitro groups is 1. The number of methoxy groups -OCH3 is 4. The highest BCUT2D eigenvalue weighted by atomic mass is 16.6. The van der Waals surface area contributed by atoms with Gasteiger partial charge in [0, 0.05) is 17.7 Å². The molecule has 1 heterocycles. The largest absolute Gasteiger partial charge is 0.493 e. The van der Waals surface area contributed by atoms with E-state index in [0.29, 0.717) is 27.8 Å². The molecule has 4 aromatic carbocycles.